The number of hydrogen-bond donors (Lipinski definition) is 3. The lowest BCUT2D eigenvalue weighted by Gasteiger charge is -2.17. The SMILES string of the molecule is O=C1C=C(Nc2cc(Br)c(F)c(OC(F)(F)F)c2O)C(=O)N1CCO. The van der Waals surface area contributed by atoms with Gasteiger partial charge in [0.25, 0.3) is 11.8 Å². The molecule has 0 saturated carbocycles. The molecule has 2 rings (SSSR count). The number of nitrogens with one attached hydrogen (secondary N) is 1. The van der Waals surface area contributed by atoms with E-state index < -0.39 is 52.3 Å². The summed E-state index contributed by atoms with van der Waals surface area (Å²) in [5, 5.41) is 20.9. The van der Waals surface area contributed by atoms with Crippen molar-refractivity contribution < 1.29 is 42.1 Å². The second-order valence-electron chi connectivity index (χ2n) is 4.65. The molecule has 0 aromatic heterocycles. The van der Waals surface area contributed by atoms with Crippen LogP contribution in [0.3, 0.4) is 0 Å². The van der Waals surface area contributed by atoms with Gasteiger partial charge in [0.15, 0.2) is 11.6 Å². The maximum Gasteiger partial charge on any atom is 0.573 e. The maximum absolute atomic E-state index is 13.8. The Bertz CT molecular complexity index is 766. The highest BCUT2D eigenvalue weighted by atomic mass is 79.9. The first-order valence-corrected chi connectivity index (χ1v) is 7.26. The van der Waals surface area contributed by atoms with Crippen LogP contribution in [0, 0.1) is 5.82 Å². The van der Waals surface area contributed by atoms with Crippen molar-refractivity contribution in [2.45, 2.75) is 6.36 Å². The predicted octanol–water partition coefficient (Wildman–Crippen LogP) is 1.85. The molecule has 0 aliphatic carbocycles. The average Bonchev–Trinajstić information content (AvgIpc) is 2.76. The Balaban J connectivity index is 2.37. The van der Waals surface area contributed by atoms with Crippen LogP contribution in [0.15, 0.2) is 22.3 Å². The number of alkyl halides is 3. The van der Waals surface area contributed by atoms with E-state index in [0.29, 0.717) is 4.90 Å². The summed E-state index contributed by atoms with van der Waals surface area (Å²) in [6.07, 6.45) is -4.45. The Morgan fingerprint density at radius 1 is 1.32 bits per heavy atom. The molecule has 0 radical (unpaired) electrons. The minimum atomic E-state index is -5.27. The number of phenolic OH excluding ortho intramolecular Hbond substituents is 1. The molecule has 1 aromatic rings. The number of carbonyl (C=O) groups excluding carboxylic acids is 2. The van der Waals surface area contributed by atoms with Gasteiger partial charge in [0.05, 0.1) is 23.3 Å². The number of rotatable bonds is 5. The van der Waals surface area contributed by atoms with Gasteiger partial charge in [-0.3, -0.25) is 14.5 Å². The number of halogens is 5. The number of amides is 2. The minimum Gasteiger partial charge on any atom is -0.503 e. The van der Waals surface area contributed by atoms with E-state index in [4.69, 9.17) is 5.11 Å². The molecule has 0 unspecified atom stereocenters. The monoisotopic (exact) mass is 428 g/mol. The van der Waals surface area contributed by atoms with Gasteiger partial charge in [-0.05, 0) is 22.0 Å². The van der Waals surface area contributed by atoms with Crippen molar-refractivity contribution in [2.24, 2.45) is 0 Å². The number of ether oxygens (including phenoxy) is 1. The van der Waals surface area contributed by atoms with Crippen molar-refractivity contribution in [2.75, 3.05) is 18.5 Å². The highest BCUT2D eigenvalue weighted by Gasteiger charge is 2.36. The number of benzene rings is 1. The average molecular weight is 429 g/mol. The number of β-amino-alcohol motifs (C(OH)–C–C–N with tert-alkyl or cyclic N) is 1. The second-order valence-corrected chi connectivity index (χ2v) is 5.50. The summed E-state index contributed by atoms with van der Waals surface area (Å²) in [7, 11) is 0. The van der Waals surface area contributed by atoms with E-state index in [-0.39, 0.29) is 12.2 Å². The highest BCUT2D eigenvalue weighted by Crippen LogP contribution is 2.43. The lowest BCUT2D eigenvalue weighted by molar-refractivity contribution is -0.276. The first-order valence-electron chi connectivity index (χ1n) is 6.47. The molecule has 25 heavy (non-hydrogen) atoms. The van der Waals surface area contributed by atoms with E-state index in [2.05, 4.69) is 26.0 Å². The molecule has 7 nitrogen and oxygen atoms in total. The van der Waals surface area contributed by atoms with Gasteiger partial charge in [-0.1, -0.05) is 0 Å². The van der Waals surface area contributed by atoms with Gasteiger partial charge in [0.1, 0.15) is 5.70 Å². The molecular formula is C13H9BrF4N2O5. The van der Waals surface area contributed by atoms with Crippen LogP contribution in [0.2, 0.25) is 0 Å². The number of hydrogen-bond acceptors (Lipinski definition) is 6. The van der Waals surface area contributed by atoms with E-state index in [1.165, 1.54) is 0 Å². The van der Waals surface area contributed by atoms with E-state index in [1.54, 1.807) is 0 Å². The van der Waals surface area contributed by atoms with Crippen LogP contribution < -0.4 is 10.1 Å². The first kappa shape index (κ1) is 19.0. The van der Waals surface area contributed by atoms with Gasteiger partial charge < -0.3 is 20.3 Å². The number of phenols is 1. The van der Waals surface area contributed by atoms with Crippen LogP contribution >= 0.6 is 15.9 Å². The largest absolute Gasteiger partial charge is 0.573 e. The molecule has 1 aromatic carbocycles. The Morgan fingerprint density at radius 2 is 1.96 bits per heavy atom. The summed E-state index contributed by atoms with van der Waals surface area (Å²) in [6, 6.07) is 0.862. The lowest BCUT2D eigenvalue weighted by atomic mass is 10.2. The van der Waals surface area contributed by atoms with Crippen LogP contribution in [-0.2, 0) is 9.59 Å². The van der Waals surface area contributed by atoms with Crippen LogP contribution in [0.1, 0.15) is 0 Å². The van der Waals surface area contributed by atoms with Crippen LogP contribution in [0.4, 0.5) is 23.2 Å². The zero-order valence-electron chi connectivity index (χ0n) is 12.0. The molecule has 1 heterocycles. The second kappa shape index (κ2) is 6.88. The number of aliphatic hydroxyl groups is 1. The molecule has 3 N–H and O–H groups in total. The standard InChI is InChI=1S/C13H9BrF4N2O5/c14-5-3-6(10(23)11(9(5)15)25-13(16,17)18)19-7-4-8(22)20(1-2-21)12(7)24/h3-4,19,21,23H,1-2H2. The number of anilines is 1. The number of imide groups is 1. The number of carbonyl (C=O) groups is 2. The summed E-state index contributed by atoms with van der Waals surface area (Å²) < 4.78 is 53.7. The van der Waals surface area contributed by atoms with E-state index in [1.807, 2.05) is 0 Å². The highest BCUT2D eigenvalue weighted by molar-refractivity contribution is 9.10. The third-order valence-electron chi connectivity index (χ3n) is 2.97. The molecule has 0 saturated heterocycles. The number of aromatic hydroxyl groups is 1. The first-order chi connectivity index (χ1) is 11.5. The molecule has 12 heteroatoms. The van der Waals surface area contributed by atoms with Crippen LogP contribution in [0.5, 0.6) is 11.5 Å². The van der Waals surface area contributed by atoms with Crippen molar-refractivity contribution in [3.05, 3.63) is 28.1 Å². The molecule has 1 aliphatic rings. The smallest absolute Gasteiger partial charge is 0.503 e. The quantitative estimate of drug-likeness (QED) is 0.376. The van der Waals surface area contributed by atoms with E-state index in [9.17, 15) is 32.3 Å². The minimum absolute atomic E-state index is 0.291. The number of nitrogens with zero attached hydrogens (tertiary/aromatic N) is 1. The Kier molecular flexibility index (Phi) is 5.23. The van der Waals surface area contributed by atoms with Crippen LogP contribution in [0.25, 0.3) is 0 Å². The van der Waals surface area contributed by atoms with Gasteiger partial charge in [-0.15, -0.1) is 13.2 Å². The van der Waals surface area contributed by atoms with Crippen molar-refractivity contribution in [1.29, 1.82) is 0 Å². The summed E-state index contributed by atoms with van der Waals surface area (Å²) in [4.78, 5) is 24.3. The zero-order valence-corrected chi connectivity index (χ0v) is 13.6. The number of aliphatic hydroxyl groups excluding tert-OH is 1. The third-order valence-corrected chi connectivity index (χ3v) is 3.55. The molecule has 0 fully saturated rings. The van der Waals surface area contributed by atoms with Crippen molar-refractivity contribution in [3.63, 3.8) is 0 Å². The Hall–Kier alpha value is -2.34. The summed E-state index contributed by atoms with van der Waals surface area (Å²) >= 11 is 2.66. The third kappa shape index (κ3) is 4.02. The summed E-state index contributed by atoms with van der Waals surface area (Å²) in [6.45, 7) is -0.781. The Labute approximate surface area is 145 Å². The van der Waals surface area contributed by atoms with Gasteiger partial charge in [0, 0.05) is 6.08 Å². The molecule has 2 amide bonds. The van der Waals surface area contributed by atoms with Crippen molar-refractivity contribution in [3.8, 4) is 11.5 Å². The van der Waals surface area contributed by atoms with E-state index in [0.717, 1.165) is 12.1 Å². The molecular weight excluding hydrogens is 420 g/mol. The molecule has 0 spiro atoms. The van der Waals surface area contributed by atoms with Crippen molar-refractivity contribution in [1.82, 2.24) is 4.90 Å². The lowest BCUT2D eigenvalue weighted by Crippen LogP contribution is -2.34. The van der Waals surface area contributed by atoms with Crippen LogP contribution in [-0.4, -0.2) is 46.4 Å². The fourth-order valence-corrected chi connectivity index (χ4v) is 2.36. The van der Waals surface area contributed by atoms with Crippen molar-refractivity contribution >= 4 is 33.4 Å². The van der Waals surface area contributed by atoms with Gasteiger partial charge in [-0.25, -0.2) is 4.39 Å². The summed E-state index contributed by atoms with van der Waals surface area (Å²) in [5.41, 5.74) is -0.893. The Morgan fingerprint density at radius 3 is 2.52 bits per heavy atom. The molecule has 0 atom stereocenters. The summed E-state index contributed by atoms with van der Waals surface area (Å²) in [5.74, 6) is -5.91. The topological polar surface area (TPSA) is 99.1 Å². The van der Waals surface area contributed by atoms with Gasteiger partial charge in [0.2, 0.25) is 5.75 Å². The van der Waals surface area contributed by atoms with Gasteiger partial charge >= 0.3 is 6.36 Å². The molecule has 0 bridgehead atoms. The molecule has 136 valence electrons. The fourth-order valence-electron chi connectivity index (χ4n) is 1.95. The van der Waals surface area contributed by atoms with Gasteiger partial charge in [-0.2, -0.15) is 0 Å². The predicted molar refractivity (Wildman–Crippen MR) is 78.0 cm³/mol. The molecule has 1 aliphatic heterocycles. The fraction of sp³-hybridized carbons (Fsp3) is 0.231. The zero-order chi connectivity index (χ0) is 18.9. The normalized spacial score (nSPS) is 14.8. The van der Waals surface area contributed by atoms with E-state index >= 15 is 0 Å². The maximum atomic E-state index is 13.8.